The maximum atomic E-state index is 13.6. The van der Waals surface area contributed by atoms with E-state index >= 15 is 0 Å². The summed E-state index contributed by atoms with van der Waals surface area (Å²) in [6.07, 6.45) is -1.09. The molecule has 5 rings (SSSR count). The van der Waals surface area contributed by atoms with E-state index in [1.54, 1.807) is 68.8 Å². The molecule has 0 unspecified atom stereocenters. The number of para-hydroxylation sites is 1. The molecule has 190 valence electrons. The van der Waals surface area contributed by atoms with Gasteiger partial charge < -0.3 is 28.7 Å². The molecule has 0 spiro atoms. The van der Waals surface area contributed by atoms with Crippen molar-refractivity contribution < 1.29 is 28.2 Å². The lowest BCUT2D eigenvalue weighted by Crippen LogP contribution is -2.35. The molecule has 2 atom stereocenters. The summed E-state index contributed by atoms with van der Waals surface area (Å²) in [5.41, 5.74) is 1.34. The normalized spacial score (nSPS) is 16.2. The first-order chi connectivity index (χ1) is 17.9. The predicted molar refractivity (Wildman–Crippen MR) is 139 cm³/mol. The van der Waals surface area contributed by atoms with Crippen molar-refractivity contribution in [2.24, 2.45) is 0 Å². The number of hydrogen-bond donors (Lipinski definition) is 1. The topological polar surface area (TPSA) is 96.2 Å². The van der Waals surface area contributed by atoms with Gasteiger partial charge in [0.15, 0.2) is 17.6 Å². The molecule has 4 aromatic rings. The van der Waals surface area contributed by atoms with Crippen molar-refractivity contribution in [2.45, 2.75) is 32.0 Å². The Kier molecular flexibility index (Phi) is 6.48. The summed E-state index contributed by atoms with van der Waals surface area (Å²) >= 11 is 0. The highest BCUT2D eigenvalue weighted by Gasteiger charge is 2.44. The number of carbonyl (C=O) groups excluding carboxylic acids is 1. The average molecular weight is 502 g/mol. The highest BCUT2D eigenvalue weighted by Crippen LogP contribution is 2.46. The summed E-state index contributed by atoms with van der Waals surface area (Å²) in [6.45, 7) is 3.84. The fourth-order valence-corrected chi connectivity index (χ4v) is 4.54. The molecule has 1 amide bonds. The van der Waals surface area contributed by atoms with Gasteiger partial charge in [0.2, 0.25) is 0 Å². The van der Waals surface area contributed by atoms with Gasteiger partial charge in [-0.2, -0.15) is 0 Å². The highest BCUT2D eigenvalue weighted by atomic mass is 16.5. The van der Waals surface area contributed by atoms with Crippen LogP contribution in [-0.2, 0) is 4.79 Å². The van der Waals surface area contributed by atoms with Gasteiger partial charge in [-0.25, -0.2) is 4.79 Å². The molecule has 1 aliphatic rings. The molecule has 8 heteroatoms. The van der Waals surface area contributed by atoms with Crippen LogP contribution < -0.4 is 29.9 Å². The van der Waals surface area contributed by atoms with Crippen molar-refractivity contribution in [3.05, 3.63) is 88.3 Å². The zero-order valence-electron chi connectivity index (χ0n) is 20.9. The van der Waals surface area contributed by atoms with Gasteiger partial charge in [-0.1, -0.05) is 18.2 Å². The molecule has 3 aromatic carbocycles. The number of rotatable bonds is 7. The van der Waals surface area contributed by atoms with E-state index in [0.717, 1.165) is 0 Å². The number of amides is 1. The van der Waals surface area contributed by atoms with E-state index in [0.29, 0.717) is 45.2 Å². The summed E-state index contributed by atoms with van der Waals surface area (Å²) in [7, 11) is 3.12. The largest absolute Gasteiger partial charge is 0.497 e. The molecular weight excluding hydrogens is 474 g/mol. The fourth-order valence-electron chi connectivity index (χ4n) is 4.54. The Bertz CT molecular complexity index is 1510. The van der Waals surface area contributed by atoms with Crippen molar-refractivity contribution in [2.75, 3.05) is 19.5 Å². The Morgan fingerprint density at radius 3 is 2.41 bits per heavy atom. The van der Waals surface area contributed by atoms with E-state index in [2.05, 4.69) is 5.32 Å². The number of nitrogens with one attached hydrogen (secondary N) is 1. The number of carbonyl (C=O) groups is 1. The van der Waals surface area contributed by atoms with Crippen LogP contribution in [0.4, 0.5) is 5.69 Å². The predicted octanol–water partition coefficient (Wildman–Crippen LogP) is 5.13. The minimum atomic E-state index is -1.03. The van der Waals surface area contributed by atoms with Gasteiger partial charge in [0.25, 0.3) is 5.91 Å². The summed E-state index contributed by atoms with van der Waals surface area (Å²) in [5.74, 6) is 0.908. The number of ether oxygens (including phenoxy) is 4. The maximum absolute atomic E-state index is 13.6. The maximum Gasteiger partial charge on any atom is 0.344 e. The summed E-state index contributed by atoms with van der Waals surface area (Å²) < 4.78 is 28.5. The summed E-state index contributed by atoms with van der Waals surface area (Å²) in [4.78, 5) is 26.8. The SMILES string of the molecule is COc1ccc(NC(=O)[C@H]2Oc3c(c(=O)oc4ccccc34)[C@H]2c2ccc(OC(C)C)c(OC)c2)cc1. The fraction of sp³-hybridized carbons (Fsp3) is 0.241. The quantitative estimate of drug-likeness (QED) is 0.351. The molecule has 0 fully saturated rings. The van der Waals surface area contributed by atoms with Gasteiger partial charge in [0.1, 0.15) is 17.1 Å². The van der Waals surface area contributed by atoms with Crippen molar-refractivity contribution in [1.82, 2.24) is 0 Å². The molecule has 1 aliphatic heterocycles. The van der Waals surface area contributed by atoms with Crippen LogP contribution in [0, 0.1) is 0 Å². The molecule has 8 nitrogen and oxygen atoms in total. The molecule has 1 N–H and O–H groups in total. The standard InChI is InChI=1S/C29H27NO7/c1-16(2)35-22-14-9-17(15-23(22)34-4)24-25-26(20-7-5-6-8-21(20)36-29(25)32)37-27(24)28(31)30-18-10-12-19(33-3)13-11-18/h5-16,24,27H,1-4H3,(H,30,31)/t24-,27+/m1/s1. The minimum Gasteiger partial charge on any atom is -0.497 e. The second-order valence-electron chi connectivity index (χ2n) is 8.94. The van der Waals surface area contributed by atoms with Crippen LogP contribution in [0.25, 0.3) is 11.0 Å². The third-order valence-electron chi connectivity index (χ3n) is 6.18. The summed E-state index contributed by atoms with van der Waals surface area (Å²) in [6, 6.07) is 19.4. The first-order valence-corrected chi connectivity index (χ1v) is 11.9. The smallest absolute Gasteiger partial charge is 0.344 e. The molecule has 0 saturated heterocycles. The van der Waals surface area contributed by atoms with Gasteiger partial charge in [-0.05, 0) is 67.9 Å². The van der Waals surface area contributed by atoms with Crippen molar-refractivity contribution in [3.63, 3.8) is 0 Å². The van der Waals surface area contributed by atoms with Crippen LogP contribution in [0.5, 0.6) is 23.0 Å². The van der Waals surface area contributed by atoms with Crippen LogP contribution in [0.1, 0.15) is 30.9 Å². The Labute approximate surface area is 213 Å². The molecule has 2 heterocycles. The van der Waals surface area contributed by atoms with Gasteiger partial charge >= 0.3 is 5.63 Å². The Hall–Kier alpha value is -4.46. The lowest BCUT2D eigenvalue weighted by molar-refractivity contribution is -0.122. The van der Waals surface area contributed by atoms with E-state index < -0.39 is 23.6 Å². The van der Waals surface area contributed by atoms with Crippen LogP contribution in [0.15, 0.2) is 75.9 Å². The Morgan fingerprint density at radius 1 is 0.946 bits per heavy atom. The number of anilines is 1. The zero-order valence-corrected chi connectivity index (χ0v) is 20.9. The van der Waals surface area contributed by atoms with Crippen molar-refractivity contribution >= 4 is 22.6 Å². The second kappa shape index (κ2) is 9.89. The lowest BCUT2D eigenvalue weighted by atomic mass is 9.88. The molecule has 0 aliphatic carbocycles. The van der Waals surface area contributed by atoms with E-state index in [1.165, 1.54) is 0 Å². The van der Waals surface area contributed by atoms with E-state index in [9.17, 15) is 9.59 Å². The van der Waals surface area contributed by atoms with Crippen LogP contribution >= 0.6 is 0 Å². The number of fused-ring (bicyclic) bond motifs is 3. The van der Waals surface area contributed by atoms with E-state index in [-0.39, 0.29) is 11.7 Å². The van der Waals surface area contributed by atoms with E-state index in [1.807, 2.05) is 26.0 Å². The third-order valence-corrected chi connectivity index (χ3v) is 6.18. The molecule has 0 bridgehead atoms. The first-order valence-electron chi connectivity index (χ1n) is 11.9. The number of hydrogen-bond acceptors (Lipinski definition) is 7. The molecule has 1 aromatic heterocycles. The van der Waals surface area contributed by atoms with Gasteiger partial charge in [0.05, 0.1) is 37.2 Å². The summed E-state index contributed by atoms with van der Waals surface area (Å²) in [5, 5.41) is 3.51. The monoisotopic (exact) mass is 501 g/mol. The molecule has 37 heavy (non-hydrogen) atoms. The Balaban J connectivity index is 1.60. The van der Waals surface area contributed by atoms with Crippen LogP contribution in [0.3, 0.4) is 0 Å². The van der Waals surface area contributed by atoms with Gasteiger partial charge in [0, 0.05) is 5.69 Å². The van der Waals surface area contributed by atoms with Crippen molar-refractivity contribution in [1.29, 1.82) is 0 Å². The van der Waals surface area contributed by atoms with Crippen LogP contribution in [0.2, 0.25) is 0 Å². The molecule has 0 saturated carbocycles. The van der Waals surface area contributed by atoms with E-state index in [4.69, 9.17) is 23.4 Å². The van der Waals surface area contributed by atoms with Gasteiger partial charge in [-0.15, -0.1) is 0 Å². The second-order valence-corrected chi connectivity index (χ2v) is 8.94. The molecular formula is C29H27NO7. The number of benzene rings is 3. The first kappa shape index (κ1) is 24.2. The highest BCUT2D eigenvalue weighted by molar-refractivity contribution is 5.97. The minimum absolute atomic E-state index is 0.0586. The average Bonchev–Trinajstić information content (AvgIpc) is 3.31. The van der Waals surface area contributed by atoms with Crippen LogP contribution in [-0.4, -0.2) is 32.3 Å². The lowest BCUT2D eigenvalue weighted by Gasteiger charge is -2.20. The zero-order chi connectivity index (χ0) is 26.1. The number of methoxy groups -OCH3 is 2. The van der Waals surface area contributed by atoms with Gasteiger partial charge in [-0.3, -0.25) is 4.79 Å². The Morgan fingerprint density at radius 2 is 1.70 bits per heavy atom. The third kappa shape index (κ3) is 4.58. The molecule has 0 radical (unpaired) electrons. The van der Waals surface area contributed by atoms with Crippen molar-refractivity contribution in [3.8, 4) is 23.0 Å².